The van der Waals surface area contributed by atoms with Crippen molar-refractivity contribution in [3.63, 3.8) is 0 Å². The Morgan fingerprint density at radius 2 is 1.67 bits per heavy atom. The van der Waals surface area contributed by atoms with Crippen molar-refractivity contribution in [3.8, 4) is 0 Å². The normalized spacial score (nSPS) is 25.0. The third-order valence-corrected chi connectivity index (χ3v) is 1.66. The molecule has 0 bridgehead atoms. The van der Waals surface area contributed by atoms with Crippen LogP contribution in [0.1, 0.15) is 12.8 Å². The van der Waals surface area contributed by atoms with Gasteiger partial charge in [0.25, 0.3) is 0 Å². The number of hydrogen-bond acceptors (Lipinski definition) is 2. The monoisotopic (exact) mass is 129 g/mol. The summed E-state index contributed by atoms with van der Waals surface area (Å²) in [6, 6.07) is 0. The lowest BCUT2D eigenvalue weighted by molar-refractivity contribution is 0.0962. The molecule has 0 unspecified atom stereocenters. The Bertz CT molecular complexity index is 67.3. The SMILES string of the molecule is CN1CCCOCCC1. The minimum atomic E-state index is 0.949. The first-order valence-electron chi connectivity index (χ1n) is 3.66. The van der Waals surface area contributed by atoms with Gasteiger partial charge in [0, 0.05) is 26.3 Å². The van der Waals surface area contributed by atoms with Gasteiger partial charge < -0.3 is 9.64 Å². The number of nitrogens with zero attached hydrogens (tertiary/aromatic N) is 1. The average molecular weight is 129 g/mol. The Morgan fingerprint density at radius 3 is 2.22 bits per heavy atom. The van der Waals surface area contributed by atoms with Crippen LogP contribution in [0.15, 0.2) is 0 Å². The molecule has 0 N–H and O–H groups in total. The maximum atomic E-state index is 5.30. The van der Waals surface area contributed by atoms with E-state index < -0.39 is 0 Å². The topological polar surface area (TPSA) is 12.5 Å². The van der Waals surface area contributed by atoms with E-state index in [0.29, 0.717) is 0 Å². The van der Waals surface area contributed by atoms with Gasteiger partial charge in [-0.2, -0.15) is 0 Å². The number of hydrogen-bond donors (Lipinski definition) is 0. The highest BCUT2D eigenvalue weighted by Gasteiger charge is 2.01. The molecule has 0 radical (unpaired) electrons. The van der Waals surface area contributed by atoms with Crippen LogP contribution in [0.5, 0.6) is 0 Å². The minimum Gasteiger partial charge on any atom is -0.381 e. The zero-order chi connectivity index (χ0) is 6.53. The molecule has 54 valence electrons. The van der Waals surface area contributed by atoms with Gasteiger partial charge in [-0.25, -0.2) is 0 Å². The number of ether oxygens (including phenoxy) is 1. The summed E-state index contributed by atoms with van der Waals surface area (Å²) in [5.74, 6) is 0. The predicted octanol–water partition coefficient (Wildman–Crippen LogP) is 0.729. The Hall–Kier alpha value is -0.0800. The van der Waals surface area contributed by atoms with Gasteiger partial charge in [-0.15, -0.1) is 0 Å². The predicted molar refractivity (Wildman–Crippen MR) is 37.5 cm³/mol. The van der Waals surface area contributed by atoms with Crippen molar-refractivity contribution in [2.45, 2.75) is 12.8 Å². The van der Waals surface area contributed by atoms with E-state index in [0.717, 1.165) is 13.2 Å². The summed E-state index contributed by atoms with van der Waals surface area (Å²) in [6.07, 6.45) is 2.38. The van der Waals surface area contributed by atoms with Crippen molar-refractivity contribution >= 4 is 0 Å². The molecule has 9 heavy (non-hydrogen) atoms. The second-order valence-electron chi connectivity index (χ2n) is 2.62. The van der Waals surface area contributed by atoms with Crippen molar-refractivity contribution in [2.75, 3.05) is 33.4 Å². The lowest BCUT2D eigenvalue weighted by atomic mass is 10.3. The molecule has 0 amide bonds. The molecule has 2 nitrogen and oxygen atoms in total. The van der Waals surface area contributed by atoms with E-state index in [1.807, 2.05) is 0 Å². The minimum absolute atomic E-state index is 0.949. The molecule has 1 aliphatic heterocycles. The molecule has 0 atom stereocenters. The lowest BCUT2D eigenvalue weighted by Crippen LogP contribution is -2.25. The fourth-order valence-electron chi connectivity index (χ4n) is 1.09. The van der Waals surface area contributed by atoms with E-state index in [2.05, 4.69) is 11.9 Å². The van der Waals surface area contributed by atoms with E-state index in [1.54, 1.807) is 0 Å². The average Bonchev–Trinajstić information content (AvgIpc) is 1.79. The highest BCUT2D eigenvalue weighted by molar-refractivity contribution is 4.54. The Labute approximate surface area is 56.8 Å². The Kier molecular flexibility index (Phi) is 3.01. The van der Waals surface area contributed by atoms with Crippen molar-refractivity contribution < 1.29 is 4.74 Å². The molecule has 2 heteroatoms. The van der Waals surface area contributed by atoms with Crippen molar-refractivity contribution in [2.24, 2.45) is 0 Å². The van der Waals surface area contributed by atoms with Crippen LogP contribution in [-0.4, -0.2) is 38.3 Å². The summed E-state index contributed by atoms with van der Waals surface area (Å²) in [6.45, 7) is 4.29. The molecule has 1 aliphatic rings. The first kappa shape index (κ1) is 7.03. The molecule has 0 aromatic heterocycles. The van der Waals surface area contributed by atoms with E-state index >= 15 is 0 Å². The second-order valence-corrected chi connectivity index (χ2v) is 2.62. The molecular weight excluding hydrogens is 114 g/mol. The summed E-state index contributed by atoms with van der Waals surface area (Å²) in [5.41, 5.74) is 0. The zero-order valence-corrected chi connectivity index (χ0v) is 6.10. The fraction of sp³-hybridized carbons (Fsp3) is 1.00. The molecular formula is C7H15NO. The van der Waals surface area contributed by atoms with Crippen LogP contribution >= 0.6 is 0 Å². The van der Waals surface area contributed by atoms with Crippen LogP contribution in [0.4, 0.5) is 0 Å². The van der Waals surface area contributed by atoms with Gasteiger partial charge in [0.15, 0.2) is 0 Å². The summed E-state index contributed by atoms with van der Waals surface area (Å²) in [7, 11) is 2.17. The van der Waals surface area contributed by atoms with Crippen LogP contribution in [0.2, 0.25) is 0 Å². The smallest absolute Gasteiger partial charge is 0.0478 e. The van der Waals surface area contributed by atoms with Crippen LogP contribution < -0.4 is 0 Å². The maximum absolute atomic E-state index is 5.30. The van der Waals surface area contributed by atoms with Crippen LogP contribution in [0.3, 0.4) is 0 Å². The lowest BCUT2D eigenvalue weighted by Gasteiger charge is -2.19. The van der Waals surface area contributed by atoms with Gasteiger partial charge in [0.05, 0.1) is 0 Å². The van der Waals surface area contributed by atoms with Gasteiger partial charge in [-0.3, -0.25) is 0 Å². The first-order chi connectivity index (χ1) is 4.39. The van der Waals surface area contributed by atoms with E-state index in [1.165, 1.54) is 25.9 Å². The summed E-state index contributed by atoms with van der Waals surface area (Å²) < 4.78 is 5.30. The van der Waals surface area contributed by atoms with E-state index in [4.69, 9.17) is 4.74 Å². The highest BCUT2D eigenvalue weighted by Crippen LogP contribution is 1.96. The van der Waals surface area contributed by atoms with Crippen molar-refractivity contribution in [1.82, 2.24) is 4.90 Å². The molecule has 1 saturated heterocycles. The van der Waals surface area contributed by atoms with Gasteiger partial charge in [-0.1, -0.05) is 0 Å². The van der Waals surface area contributed by atoms with E-state index in [9.17, 15) is 0 Å². The third kappa shape index (κ3) is 2.82. The largest absolute Gasteiger partial charge is 0.381 e. The quantitative estimate of drug-likeness (QED) is 0.478. The molecule has 1 rings (SSSR count). The maximum Gasteiger partial charge on any atom is 0.0478 e. The molecule has 0 spiro atoms. The molecule has 1 heterocycles. The Morgan fingerprint density at radius 1 is 1.11 bits per heavy atom. The highest BCUT2D eigenvalue weighted by atomic mass is 16.5. The van der Waals surface area contributed by atoms with E-state index in [-0.39, 0.29) is 0 Å². The molecule has 0 aliphatic carbocycles. The summed E-state index contributed by atoms with van der Waals surface area (Å²) >= 11 is 0. The fourth-order valence-corrected chi connectivity index (χ4v) is 1.09. The van der Waals surface area contributed by atoms with Gasteiger partial charge in [-0.05, 0) is 19.9 Å². The van der Waals surface area contributed by atoms with Crippen molar-refractivity contribution in [3.05, 3.63) is 0 Å². The molecule has 1 fully saturated rings. The standard InChI is InChI=1S/C7H15NO/c1-8-4-2-6-9-7-3-5-8/h2-7H2,1H3. The Balaban J connectivity index is 2.12. The van der Waals surface area contributed by atoms with Gasteiger partial charge in [0.2, 0.25) is 0 Å². The molecule has 0 aromatic rings. The van der Waals surface area contributed by atoms with Gasteiger partial charge in [0.1, 0.15) is 0 Å². The van der Waals surface area contributed by atoms with Crippen LogP contribution in [0, 0.1) is 0 Å². The molecule has 0 saturated carbocycles. The van der Waals surface area contributed by atoms with Gasteiger partial charge >= 0.3 is 0 Å². The van der Waals surface area contributed by atoms with Crippen LogP contribution in [-0.2, 0) is 4.74 Å². The number of rotatable bonds is 0. The summed E-state index contributed by atoms with van der Waals surface area (Å²) in [5, 5.41) is 0. The zero-order valence-electron chi connectivity index (χ0n) is 6.10. The first-order valence-corrected chi connectivity index (χ1v) is 3.66. The summed E-state index contributed by atoms with van der Waals surface area (Å²) in [4.78, 5) is 2.36. The third-order valence-electron chi connectivity index (χ3n) is 1.66. The second kappa shape index (κ2) is 3.85. The van der Waals surface area contributed by atoms with Crippen LogP contribution in [0.25, 0.3) is 0 Å². The molecule has 0 aromatic carbocycles. The van der Waals surface area contributed by atoms with Crippen molar-refractivity contribution in [1.29, 1.82) is 0 Å².